The third kappa shape index (κ3) is 7.53. The van der Waals surface area contributed by atoms with Crippen molar-refractivity contribution in [3.05, 3.63) is 35.9 Å². The van der Waals surface area contributed by atoms with Crippen LogP contribution in [-0.2, 0) is 30.6 Å². The van der Waals surface area contributed by atoms with Crippen LogP contribution in [0.15, 0.2) is 30.3 Å². The van der Waals surface area contributed by atoms with E-state index in [1.54, 1.807) is 12.1 Å². The smallest absolute Gasteiger partial charge is 0.336 e. The van der Waals surface area contributed by atoms with Crippen molar-refractivity contribution in [3.63, 3.8) is 0 Å². The molecule has 0 saturated carbocycles. The van der Waals surface area contributed by atoms with E-state index in [1.807, 2.05) is 39.0 Å². The van der Waals surface area contributed by atoms with Gasteiger partial charge in [0.2, 0.25) is 0 Å². The van der Waals surface area contributed by atoms with Crippen LogP contribution in [0.1, 0.15) is 32.8 Å². The molecule has 0 aliphatic heterocycles. The predicted octanol–water partition coefficient (Wildman–Crippen LogP) is 2.02. The van der Waals surface area contributed by atoms with Crippen molar-refractivity contribution < 1.29 is 22.1 Å². The summed E-state index contributed by atoms with van der Waals surface area (Å²) in [6.07, 6.45) is 0.814. The predicted molar refractivity (Wildman–Crippen MR) is 83.2 cm³/mol. The van der Waals surface area contributed by atoms with Gasteiger partial charge in [-0.2, -0.15) is 13.1 Å². The van der Waals surface area contributed by atoms with Crippen LogP contribution in [0, 0.1) is 5.41 Å². The molecule has 0 bridgehead atoms. The van der Waals surface area contributed by atoms with Crippen LogP contribution in [-0.4, -0.2) is 27.5 Å². The fourth-order valence-electron chi connectivity index (χ4n) is 1.36. The molecule has 1 aromatic carbocycles. The highest BCUT2D eigenvalue weighted by Gasteiger charge is 2.20. The lowest BCUT2D eigenvalue weighted by atomic mass is 9.91. The van der Waals surface area contributed by atoms with Gasteiger partial charge in [0.05, 0.1) is 0 Å². The number of carbonyl (C=O) groups excluding carboxylic acids is 1. The summed E-state index contributed by atoms with van der Waals surface area (Å²) in [6.45, 7) is 5.52. The van der Waals surface area contributed by atoms with Gasteiger partial charge in [0, 0.05) is 6.54 Å². The van der Waals surface area contributed by atoms with Gasteiger partial charge in [-0.05, 0) is 17.4 Å². The van der Waals surface area contributed by atoms with Crippen LogP contribution < -0.4 is 4.72 Å². The molecule has 1 aromatic rings. The zero-order valence-electron chi connectivity index (χ0n) is 13.2. The molecule has 0 spiro atoms. The quantitative estimate of drug-likeness (QED) is 0.701. The van der Waals surface area contributed by atoms with Gasteiger partial charge in [-0.3, -0.25) is 0 Å². The van der Waals surface area contributed by atoms with Crippen molar-refractivity contribution in [1.29, 1.82) is 0 Å². The Hall–Kier alpha value is -1.44. The highest BCUT2D eigenvalue weighted by atomic mass is 32.2. The molecule has 0 atom stereocenters. The molecular formula is C15H23NO5S. The molecule has 0 radical (unpaired) electrons. The number of hydrogen-bond acceptors (Lipinski definition) is 5. The number of benzene rings is 1. The summed E-state index contributed by atoms with van der Waals surface area (Å²) in [7, 11) is -3.95. The van der Waals surface area contributed by atoms with Gasteiger partial charge in [0.25, 0.3) is 0 Å². The average molecular weight is 329 g/mol. The molecule has 1 N–H and O–H groups in total. The van der Waals surface area contributed by atoms with Crippen LogP contribution in [0.5, 0.6) is 0 Å². The molecule has 7 heteroatoms. The van der Waals surface area contributed by atoms with E-state index in [2.05, 4.69) is 8.91 Å². The van der Waals surface area contributed by atoms with Crippen molar-refractivity contribution in [1.82, 2.24) is 4.72 Å². The molecule has 22 heavy (non-hydrogen) atoms. The van der Waals surface area contributed by atoms with Crippen molar-refractivity contribution in [3.8, 4) is 0 Å². The summed E-state index contributed by atoms with van der Waals surface area (Å²) in [6, 6.07) is 9.11. The molecular weight excluding hydrogens is 306 g/mol. The summed E-state index contributed by atoms with van der Waals surface area (Å²) >= 11 is 0. The Kier molecular flexibility index (Phi) is 6.99. The molecule has 0 heterocycles. The van der Waals surface area contributed by atoms with Gasteiger partial charge in [-0.15, -0.1) is 0 Å². The fraction of sp³-hybridized carbons (Fsp3) is 0.533. The fourth-order valence-corrected chi connectivity index (χ4v) is 2.26. The second kappa shape index (κ2) is 8.26. The summed E-state index contributed by atoms with van der Waals surface area (Å²) in [4.78, 5) is 11.5. The van der Waals surface area contributed by atoms with Crippen molar-refractivity contribution in [2.24, 2.45) is 5.41 Å². The maximum Gasteiger partial charge on any atom is 0.336 e. The van der Waals surface area contributed by atoms with E-state index in [-0.39, 0.29) is 18.6 Å². The monoisotopic (exact) mass is 329 g/mol. The Bertz CT molecular complexity index is 569. The van der Waals surface area contributed by atoms with Crippen molar-refractivity contribution in [2.45, 2.75) is 33.8 Å². The normalized spacial score (nSPS) is 12.1. The molecule has 0 aliphatic rings. The third-order valence-electron chi connectivity index (χ3n) is 3.26. The van der Waals surface area contributed by atoms with E-state index in [0.717, 1.165) is 12.0 Å². The lowest BCUT2D eigenvalue weighted by Crippen LogP contribution is -2.35. The van der Waals surface area contributed by atoms with Gasteiger partial charge in [0.15, 0.2) is 6.61 Å². The molecule has 1 rings (SSSR count). The minimum atomic E-state index is -3.95. The number of hydrogen-bond donors (Lipinski definition) is 1. The maximum absolute atomic E-state index is 11.6. The first-order chi connectivity index (χ1) is 10.2. The zero-order valence-corrected chi connectivity index (χ0v) is 14.0. The van der Waals surface area contributed by atoms with E-state index in [0.29, 0.717) is 0 Å². The van der Waals surface area contributed by atoms with Gasteiger partial charge in [-0.25, -0.2) is 8.98 Å². The Labute approximate surface area is 132 Å². The van der Waals surface area contributed by atoms with Crippen LogP contribution in [0.4, 0.5) is 0 Å². The van der Waals surface area contributed by atoms with E-state index in [1.165, 1.54) is 0 Å². The molecule has 0 aromatic heterocycles. The molecule has 0 saturated heterocycles. The summed E-state index contributed by atoms with van der Waals surface area (Å²) < 4.78 is 35.1. The number of rotatable bonds is 9. The number of ether oxygens (including phenoxy) is 1. The summed E-state index contributed by atoms with van der Waals surface area (Å²) in [5.74, 6) is -0.732. The largest absolute Gasteiger partial charge is 0.459 e. The summed E-state index contributed by atoms with van der Waals surface area (Å²) in [5.41, 5.74) is 0.645. The van der Waals surface area contributed by atoms with Gasteiger partial charge in [-0.1, -0.05) is 51.1 Å². The minimum Gasteiger partial charge on any atom is -0.459 e. The molecule has 0 amide bonds. The molecule has 0 fully saturated rings. The zero-order chi connectivity index (χ0) is 16.6. The molecule has 6 nitrogen and oxygen atoms in total. The van der Waals surface area contributed by atoms with E-state index < -0.39 is 22.9 Å². The lowest BCUT2D eigenvalue weighted by Gasteiger charge is -2.22. The first-order valence-electron chi connectivity index (χ1n) is 7.08. The van der Waals surface area contributed by atoms with E-state index in [9.17, 15) is 13.2 Å². The number of nitrogens with one attached hydrogen (secondary N) is 1. The third-order valence-corrected chi connectivity index (χ3v) is 4.19. The number of carbonyl (C=O) groups is 1. The van der Waals surface area contributed by atoms with Crippen LogP contribution in [0.2, 0.25) is 0 Å². The second-order valence-corrected chi connectivity index (χ2v) is 7.13. The maximum atomic E-state index is 11.6. The van der Waals surface area contributed by atoms with E-state index in [4.69, 9.17) is 4.74 Å². The Morgan fingerprint density at radius 3 is 2.45 bits per heavy atom. The van der Waals surface area contributed by atoms with Gasteiger partial charge >= 0.3 is 16.3 Å². The molecule has 0 aliphatic carbocycles. The highest BCUT2D eigenvalue weighted by Crippen LogP contribution is 2.18. The van der Waals surface area contributed by atoms with Gasteiger partial charge < -0.3 is 4.74 Å². The van der Waals surface area contributed by atoms with Crippen LogP contribution in [0.3, 0.4) is 0 Å². The van der Waals surface area contributed by atoms with Crippen LogP contribution >= 0.6 is 0 Å². The highest BCUT2D eigenvalue weighted by molar-refractivity contribution is 7.84. The Morgan fingerprint density at radius 2 is 1.86 bits per heavy atom. The summed E-state index contributed by atoms with van der Waals surface area (Å²) in [5, 5.41) is 0. The molecule has 124 valence electrons. The Morgan fingerprint density at radius 1 is 1.23 bits per heavy atom. The number of esters is 1. The van der Waals surface area contributed by atoms with Gasteiger partial charge in [0.1, 0.15) is 6.61 Å². The minimum absolute atomic E-state index is 0.0827. The van der Waals surface area contributed by atoms with Crippen LogP contribution in [0.25, 0.3) is 0 Å². The first kappa shape index (κ1) is 18.6. The second-order valence-electron chi connectivity index (χ2n) is 5.70. The SMILES string of the molecule is CCC(C)(C)CNS(=O)(=O)OCC(=O)OCc1ccccc1. The average Bonchev–Trinajstić information content (AvgIpc) is 2.50. The topological polar surface area (TPSA) is 81.7 Å². The first-order valence-corrected chi connectivity index (χ1v) is 8.48. The Balaban J connectivity index is 2.33. The standard InChI is InChI=1S/C15H23NO5S/c1-4-15(2,3)12-16-22(18,19)21-11-14(17)20-10-13-8-6-5-7-9-13/h5-9,16H,4,10-12H2,1-3H3. The lowest BCUT2D eigenvalue weighted by molar-refractivity contribution is -0.147. The van der Waals surface area contributed by atoms with Crippen molar-refractivity contribution >= 4 is 16.3 Å². The van der Waals surface area contributed by atoms with Crippen molar-refractivity contribution in [2.75, 3.05) is 13.2 Å². The van der Waals surface area contributed by atoms with E-state index >= 15 is 0 Å². The molecule has 0 unspecified atom stereocenters.